The normalized spacial score (nSPS) is 19.2. The smallest absolute Gasteiger partial charge is 0.393 e. The lowest BCUT2D eigenvalue weighted by atomic mass is 9.93. The highest BCUT2D eigenvalue weighted by molar-refractivity contribution is 6.33. The third-order valence-corrected chi connectivity index (χ3v) is 5.03. The molecule has 3 heterocycles. The Kier molecular flexibility index (Phi) is 5.43. The standard InChI is InChI=1S/C17H18ClF3N4O2/c1-10(26)11-3-2-6-24(9-11)13-8-23-25(16(27)15(13)18)14-5-4-12(7-22-14)17(19,20)21/h4-5,7-8,10-11,26H,2-3,6,9H2,1H3. The predicted octanol–water partition coefficient (Wildman–Crippen LogP) is 2.90. The van der Waals surface area contributed by atoms with Gasteiger partial charge < -0.3 is 10.0 Å². The molecule has 3 rings (SSSR count). The van der Waals surface area contributed by atoms with E-state index in [4.69, 9.17) is 11.6 Å². The number of rotatable bonds is 3. The van der Waals surface area contributed by atoms with Gasteiger partial charge in [0.2, 0.25) is 0 Å². The number of nitrogens with zero attached hydrogens (tertiary/aromatic N) is 4. The summed E-state index contributed by atoms with van der Waals surface area (Å²) in [6.45, 7) is 2.94. The van der Waals surface area contributed by atoms with Gasteiger partial charge in [-0.15, -0.1) is 0 Å². The molecular formula is C17H18ClF3N4O2. The number of halogens is 4. The van der Waals surface area contributed by atoms with Gasteiger partial charge in [-0.2, -0.15) is 23.0 Å². The number of aromatic nitrogens is 3. The highest BCUT2D eigenvalue weighted by Crippen LogP contribution is 2.30. The number of alkyl halides is 3. The minimum absolute atomic E-state index is 0.0537. The first-order valence-electron chi connectivity index (χ1n) is 8.43. The summed E-state index contributed by atoms with van der Waals surface area (Å²) >= 11 is 6.23. The van der Waals surface area contributed by atoms with E-state index in [0.29, 0.717) is 25.0 Å². The maximum atomic E-state index is 12.6. The Morgan fingerprint density at radius 3 is 2.67 bits per heavy atom. The third kappa shape index (κ3) is 4.08. The second kappa shape index (κ2) is 7.47. The van der Waals surface area contributed by atoms with Crippen LogP contribution in [0.3, 0.4) is 0 Å². The minimum atomic E-state index is -4.51. The summed E-state index contributed by atoms with van der Waals surface area (Å²) in [6, 6.07) is 1.90. The van der Waals surface area contributed by atoms with E-state index in [-0.39, 0.29) is 16.8 Å². The molecule has 2 aromatic heterocycles. The van der Waals surface area contributed by atoms with Crippen LogP contribution in [-0.4, -0.2) is 39.1 Å². The summed E-state index contributed by atoms with van der Waals surface area (Å²) in [5, 5.41) is 13.7. The number of hydrogen-bond donors (Lipinski definition) is 1. The Balaban J connectivity index is 1.90. The van der Waals surface area contributed by atoms with Gasteiger partial charge >= 0.3 is 6.18 Å². The number of aliphatic hydroxyl groups excluding tert-OH is 1. The van der Waals surface area contributed by atoms with Gasteiger partial charge in [0.15, 0.2) is 5.82 Å². The van der Waals surface area contributed by atoms with Gasteiger partial charge in [0.05, 0.1) is 23.6 Å². The van der Waals surface area contributed by atoms with Crippen molar-refractivity contribution in [2.24, 2.45) is 5.92 Å². The highest BCUT2D eigenvalue weighted by Gasteiger charge is 2.31. The molecular weight excluding hydrogens is 385 g/mol. The van der Waals surface area contributed by atoms with Crippen LogP contribution in [0, 0.1) is 5.92 Å². The summed E-state index contributed by atoms with van der Waals surface area (Å²) in [5.41, 5.74) is -1.14. The van der Waals surface area contributed by atoms with Gasteiger partial charge in [0, 0.05) is 25.2 Å². The minimum Gasteiger partial charge on any atom is -0.393 e. The van der Waals surface area contributed by atoms with Gasteiger partial charge in [-0.3, -0.25) is 4.79 Å². The first-order valence-corrected chi connectivity index (χ1v) is 8.80. The lowest BCUT2D eigenvalue weighted by molar-refractivity contribution is -0.137. The van der Waals surface area contributed by atoms with Crippen molar-refractivity contribution in [1.82, 2.24) is 14.8 Å². The van der Waals surface area contributed by atoms with E-state index < -0.39 is 23.4 Å². The lowest BCUT2D eigenvalue weighted by Crippen LogP contribution is -2.40. The molecule has 1 saturated heterocycles. The number of anilines is 1. The van der Waals surface area contributed by atoms with Gasteiger partial charge in [-0.25, -0.2) is 4.98 Å². The Morgan fingerprint density at radius 2 is 2.07 bits per heavy atom. The molecule has 0 aromatic carbocycles. The first-order chi connectivity index (χ1) is 12.7. The molecule has 10 heteroatoms. The van der Waals surface area contributed by atoms with E-state index >= 15 is 0 Å². The molecule has 0 aliphatic carbocycles. The second-order valence-corrected chi connectivity index (χ2v) is 6.93. The average molecular weight is 403 g/mol. The quantitative estimate of drug-likeness (QED) is 0.854. The number of pyridine rings is 1. The van der Waals surface area contributed by atoms with Crippen LogP contribution in [0.25, 0.3) is 5.82 Å². The Morgan fingerprint density at radius 1 is 1.33 bits per heavy atom. The maximum absolute atomic E-state index is 12.6. The lowest BCUT2D eigenvalue weighted by Gasteiger charge is -2.35. The van der Waals surface area contributed by atoms with Crippen molar-refractivity contribution in [3.05, 3.63) is 45.5 Å². The molecule has 1 aliphatic heterocycles. The SMILES string of the molecule is CC(O)C1CCCN(c2cnn(-c3ccc(C(F)(F)F)cn3)c(=O)c2Cl)C1. The van der Waals surface area contributed by atoms with E-state index in [0.717, 1.165) is 29.7 Å². The van der Waals surface area contributed by atoms with Crippen molar-refractivity contribution < 1.29 is 18.3 Å². The van der Waals surface area contributed by atoms with E-state index in [1.165, 1.54) is 6.20 Å². The Labute approximate surface area is 158 Å². The van der Waals surface area contributed by atoms with Crippen LogP contribution >= 0.6 is 11.6 Å². The molecule has 0 bridgehead atoms. The second-order valence-electron chi connectivity index (χ2n) is 6.55. The molecule has 0 spiro atoms. The van der Waals surface area contributed by atoms with Crippen molar-refractivity contribution >= 4 is 17.3 Å². The van der Waals surface area contributed by atoms with Crippen molar-refractivity contribution in [3.63, 3.8) is 0 Å². The summed E-state index contributed by atoms with van der Waals surface area (Å²) in [5.74, 6) is 0.00998. The molecule has 0 amide bonds. The topological polar surface area (TPSA) is 71.2 Å². The van der Waals surface area contributed by atoms with Crippen molar-refractivity contribution in [2.75, 3.05) is 18.0 Å². The predicted molar refractivity (Wildman–Crippen MR) is 94.3 cm³/mol. The molecule has 1 fully saturated rings. The van der Waals surface area contributed by atoms with Crippen molar-refractivity contribution in [3.8, 4) is 5.82 Å². The molecule has 6 nitrogen and oxygen atoms in total. The Hall–Kier alpha value is -2.13. The molecule has 1 aliphatic rings. The molecule has 2 atom stereocenters. The zero-order valence-corrected chi connectivity index (χ0v) is 15.2. The average Bonchev–Trinajstić information content (AvgIpc) is 2.63. The zero-order chi connectivity index (χ0) is 19.8. The summed E-state index contributed by atoms with van der Waals surface area (Å²) in [4.78, 5) is 18.1. The molecule has 2 aromatic rings. The summed E-state index contributed by atoms with van der Waals surface area (Å²) in [7, 11) is 0. The van der Waals surface area contributed by atoms with E-state index in [1.54, 1.807) is 6.92 Å². The van der Waals surface area contributed by atoms with Gasteiger partial charge in [-0.1, -0.05) is 11.6 Å². The molecule has 27 heavy (non-hydrogen) atoms. The van der Waals surface area contributed by atoms with Crippen LogP contribution in [-0.2, 0) is 6.18 Å². The van der Waals surface area contributed by atoms with Crippen LogP contribution in [0.1, 0.15) is 25.3 Å². The van der Waals surface area contributed by atoms with E-state index in [1.807, 2.05) is 4.90 Å². The molecule has 0 saturated carbocycles. The molecule has 2 unspecified atom stereocenters. The fraction of sp³-hybridized carbons (Fsp3) is 0.471. The van der Waals surface area contributed by atoms with Crippen molar-refractivity contribution in [1.29, 1.82) is 0 Å². The van der Waals surface area contributed by atoms with Gasteiger partial charge in [0.25, 0.3) is 5.56 Å². The monoisotopic (exact) mass is 402 g/mol. The van der Waals surface area contributed by atoms with E-state index in [2.05, 4.69) is 10.1 Å². The van der Waals surface area contributed by atoms with Crippen molar-refractivity contribution in [2.45, 2.75) is 32.0 Å². The molecule has 0 radical (unpaired) electrons. The first kappa shape index (κ1) is 19.6. The summed E-state index contributed by atoms with van der Waals surface area (Å²) in [6.07, 6.45) is -1.23. The van der Waals surface area contributed by atoms with Crippen LogP contribution in [0.2, 0.25) is 5.02 Å². The summed E-state index contributed by atoms with van der Waals surface area (Å²) < 4.78 is 38.8. The van der Waals surface area contributed by atoms with Crippen LogP contribution < -0.4 is 10.5 Å². The molecule has 146 valence electrons. The van der Waals surface area contributed by atoms with Gasteiger partial charge in [-0.05, 0) is 31.9 Å². The number of aliphatic hydroxyl groups is 1. The largest absolute Gasteiger partial charge is 0.417 e. The number of hydrogen-bond acceptors (Lipinski definition) is 5. The highest BCUT2D eigenvalue weighted by atomic mass is 35.5. The zero-order valence-electron chi connectivity index (χ0n) is 14.4. The number of piperidine rings is 1. The maximum Gasteiger partial charge on any atom is 0.417 e. The van der Waals surface area contributed by atoms with Crippen LogP contribution in [0.5, 0.6) is 0 Å². The fourth-order valence-electron chi connectivity index (χ4n) is 3.11. The van der Waals surface area contributed by atoms with Crippen LogP contribution in [0.15, 0.2) is 29.3 Å². The van der Waals surface area contributed by atoms with Crippen LogP contribution in [0.4, 0.5) is 18.9 Å². The molecule has 1 N–H and O–H groups in total. The van der Waals surface area contributed by atoms with Gasteiger partial charge in [0.1, 0.15) is 5.02 Å². The fourth-order valence-corrected chi connectivity index (χ4v) is 3.36. The third-order valence-electron chi connectivity index (χ3n) is 4.67. The van der Waals surface area contributed by atoms with E-state index in [9.17, 15) is 23.1 Å². The Bertz CT molecular complexity index is 868.